The summed E-state index contributed by atoms with van der Waals surface area (Å²) < 4.78 is 5.60. The lowest BCUT2D eigenvalue weighted by molar-refractivity contribution is -0.128. The zero-order chi connectivity index (χ0) is 15.4. The van der Waals surface area contributed by atoms with Crippen LogP contribution in [0.1, 0.15) is 32.6 Å². The lowest BCUT2D eigenvalue weighted by Gasteiger charge is -2.28. The molecule has 1 unspecified atom stereocenters. The molecule has 1 aliphatic carbocycles. The average molecular weight is 331 g/mol. The summed E-state index contributed by atoms with van der Waals surface area (Å²) in [6.45, 7) is 1.70. The van der Waals surface area contributed by atoms with Crippen molar-refractivity contribution in [3.63, 3.8) is 0 Å². The summed E-state index contributed by atoms with van der Waals surface area (Å²) >= 11 is 11.9. The minimum atomic E-state index is -0.612. The number of halogens is 2. The smallest absolute Gasteiger partial charge is 0.260 e. The molecule has 0 spiro atoms. The first-order valence-electron chi connectivity index (χ1n) is 7.13. The van der Waals surface area contributed by atoms with E-state index < -0.39 is 6.10 Å². The Morgan fingerprint density at radius 1 is 1.33 bits per heavy atom. The third-order valence-corrected chi connectivity index (χ3v) is 4.22. The Morgan fingerprint density at radius 2 is 2.00 bits per heavy atom. The van der Waals surface area contributed by atoms with Gasteiger partial charge in [0.25, 0.3) is 5.91 Å². The highest BCUT2D eigenvalue weighted by Gasteiger charge is 2.23. The van der Waals surface area contributed by atoms with Crippen LogP contribution in [-0.2, 0) is 4.79 Å². The fraction of sp³-hybridized carbons (Fsp3) is 0.533. The van der Waals surface area contributed by atoms with Crippen LogP contribution in [0, 0.1) is 0 Å². The summed E-state index contributed by atoms with van der Waals surface area (Å²) in [4.78, 5) is 12.1. The summed E-state index contributed by atoms with van der Waals surface area (Å²) in [5.41, 5.74) is 5.86. The standard InChI is InChI=1S/C15H20Cl2N2O2/c1-9(21-14-7-2-10(16)8-13(14)17)15(20)19-12-5-3-11(18)4-6-12/h2,7-9,11-12H,3-6,18H2,1H3,(H,19,20). The van der Waals surface area contributed by atoms with Gasteiger partial charge in [0.1, 0.15) is 5.75 Å². The molecule has 3 N–H and O–H groups in total. The first-order valence-corrected chi connectivity index (χ1v) is 7.89. The Kier molecular flexibility index (Phi) is 5.73. The molecule has 1 atom stereocenters. The van der Waals surface area contributed by atoms with Crippen molar-refractivity contribution >= 4 is 29.1 Å². The Bertz CT molecular complexity index is 502. The van der Waals surface area contributed by atoms with Crippen LogP contribution < -0.4 is 15.8 Å². The highest BCUT2D eigenvalue weighted by atomic mass is 35.5. The summed E-state index contributed by atoms with van der Waals surface area (Å²) in [5.74, 6) is 0.316. The Balaban J connectivity index is 1.87. The van der Waals surface area contributed by atoms with Crippen molar-refractivity contribution in [2.75, 3.05) is 0 Å². The average Bonchev–Trinajstić information content (AvgIpc) is 2.44. The first-order chi connectivity index (χ1) is 9.95. The highest BCUT2D eigenvalue weighted by Crippen LogP contribution is 2.28. The molecule has 2 rings (SSSR count). The van der Waals surface area contributed by atoms with Crippen molar-refractivity contribution in [2.24, 2.45) is 5.73 Å². The van der Waals surface area contributed by atoms with Crippen molar-refractivity contribution in [1.82, 2.24) is 5.32 Å². The maximum atomic E-state index is 12.1. The van der Waals surface area contributed by atoms with E-state index in [1.54, 1.807) is 25.1 Å². The topological polar surface area (TPSA) is 64.3 Å². The summed E-state index contributed by atoms with van der Waals surface area (Å²) in [6.07, 6.45) is 3.12. The molecule has 1 aromatic rings. The molecular formula is C15H20Cl2N2O2. The minimum Gasteiger partial charge on any atom is -0.479 e. The molecule has 0 aliphatic heterocycles. The van der Waals surface area contributed by atoms with Crippen LogP contribution in [0.2, 0.25) is 10.0 Å². The van der Waals surface area contributed by atoms with Gasteiger partial charge in [0.15, 0.2) is 6.10 Å². The van der Waals surface area contributed by atoms with Crippen LogP contribution in [0.5, 0.6) is 5.75 Å². The van der Waals surface area contributed by atoms with E-state index >= 15 is 0 Å². The van der Waals surface area contributed by atoms with Crippen molar-refractivity contribution < 1.29 is 9.53 Å². The van der Waals surface area contributed by atoms with Gasteiger partial charge in [-0.05, 0) is 50.8 Å². The Hall–Kier alpha value is -0.970. The number of hydrogen-bond acceptors (Lipinski definition) is 3. The molecule has 0 bridgehead atoms. The normalized spacial score (nSPS) is 23.4. The van der Waals surface area contributed by atoms with E-state index in [9.17, 15) is 4.79 Å². The maximum absolute atomic E-state index is 12.1. The van der Waals surface area contributed by atoms with E-state index in [0.717, 1.165) is 25.7 Å². The van der Waals surface area contributed by atoms with Crippen LogP contribution in [0.15, 0.2) is 18.2 Å². The Labute approximate surface area is 134 Å². The molecule has 21 heavy (non-hydrogen) atoms. The van der Waals surface area contributed by atoms with Crippen molar-refractivity contribution in [2.45, 2.75) is 50.8 Å². The molecule has 1 aromatic carbocycles. The van der Waals surface area contributed by atoms with Gasteiger partial charge in [-0.25, -0.2) is 0 Å². The van der Waals surface area contributed by atoms with Gasteiger partial charge < -0.3 is 15.8 Å². The molecule has 0 saturated heterocycles. The molecule has 116 valence electrons. The number of rotatable bonds is 4. The second-order valence-electron chi connectivity index (χ2n) is 5.46. The van der Waals surface area contributed by atoms with Gasteiger partial charge in [-0.15, -0.1) is 0 Å². The predicted molar refractivity (Wildman–Crippen MR) is 84.9 cm³/mol. The van der Waals surface area contributed by atoms with Crippen LogP contribution >= 0.6 is 23.2 Å². The minimum absolute atomic E-state index is 0.138. The van der Waals surface area contributed by atoms with Crippen molar-refractivity contribution in [3.8, 4) is 5.75 Å². The predicted octanol–water partition coefficient (Wildman–Crippen LogP) is 3.15. The van der Waals surface area contributed by atoms with Gasteiger partial charge >= 0.3 is 0 Å². The van der Waals surface area contributed by atoms with Gasteiger partial charge in [-0.3, -0.25) is 4.79 Å². The second kappa shape index (κ2) is 7.34. The monoisotopic (exact) mass is 330 g/mol. The molecule has 0 aromatic heterocycles. The summed E-state index contributed by atoms with van der Waals surface area (Å²) in [6, 6.07) is 5.37. The molecule has 1 amide bonds. The molecule has 1 aliphatic rings. The van der Waals surface area contributed by atoms with Gasteiger partial charge in [0, 0.05) is 17.1 Å². The number of nitrogens with one attached hydrogen (secondary N) is 1. The molecule has 4 nitrogen and oxygen atoms in total. The second-order valence-corrected chi connectivity index (χ2v) is 6.30. The molecule has 0 heterocycles. The lowest BCUT2D eigenvalue weighted by atomic mass is 9.92. The number of ether oxygens (including phenoxy) is 1. The van der Waals surface area contributed by atoms with Gasteiger partial charge in [0.05, 0.1) is 5.02 Å². The van der Waals surface area contributed by atoms with Crippen LogP contribution in [-0.4, -0.2) is 24.1 Å². The third-order valence-electron chi connectivity index (χ3n) is 3.69. The number of nitrogens with two attached hydrogens (primary N) is 1. The molecular weight excluding hydrogens is 311 g/mol. The molecule has 1 saturated carbocycles. The number of carbonyl (C=O) groups excluding carboxylic acids is 1. The van der Waals surface area contributed by atoms with E-state index in [0.29, 0.717) is 15.8 Å². The van der Waals surface area contributed by atoms with Gasteiger partial charge in [0.2, 0.25) is 0 Å². The van der Waals surface area contributed by atoms with E-state index in [1.165, 1.54) is 0 Å². The fourth-order valence-electron chi connectivity index (χ4n) is 2.40. The zero-order valence-electron chi connectivity index (χ0n) is 11.9. The SMILES string of the molecule is CC(Oc1ccc(Cl)cc1Cl)C(=O)NC1CCC(N)CC1. The van der Waals surface area contributed by atoms with Crippen LogP contribution in [0.25, 0.3) is 0 Å². The van der Waals surface area contributed by atoms with Crippen LogP contribution in [0.4, 0.5) is 0 Å². The van der Waals surface area contributed by atoms with Crippen molar-refractivity contribution in [1.29, 1.82) is 0 Å². The first kappa shape index (κ1) is 16.4. The van der Waals surface area contributed by atoms with E-state index in [2.05, 4.69) is 5.32 Å². The van der Waals surface area contributed by atoms with Gasteiger partial charge in [-0.1, -0.05) is 23.2 Å². The third kappa shape index (κ3) is 4.77. The van der Waals surface area contributed by atoms with Gasteiger partial charge in [-0.2, -0.15) is 0 Å². The summed E-state index contributed by atoms with van der Waals surface area (Å²) in [5, 5.41) is 3.93. The number of hydrogen-bond donors (Lipinski definition) is 2. The lowest BCUT2D eigenvalue weighted by Crippen LogP contribution is -2.45. The number of carbonyl (C=O) groups is 1. The van der Waals surface area contributed by atoms with E-state index in [4.69, 9.17) is 33.7 Å². The van der Waals surface area contributed by atoms with E-state index in [1.807, 2.05) is 0 Å². The maximum Gasteiger partial charge on any atom is 0.260 e. The quantitative estimate of drug-likeness (QED) is 0.891. The fourth-order valence-corrected chi connectivity index (χ4v) is 2.85. The molecule has 0 radical (unpaired) electrons. The largest absolute Gasteiger partial charge is 0.479 e. The summed E-state index contributed by atoms with van der Waals surface area (Å²) in [7, 11) is 0. The van der Waals surface area contributed by atoms with Crippen molar-refractivity contribution in [3.05, 3.63) is 28.2 Å². The number of benzene rings is 1. The number of amides is 1. The van der Waals surface area contributed by atoms with Crippen LogP contribution in [0.3, 0.4) is 0 Å². The Morgan fingerprint density at radius 3 is 2.62 bits per heavy atom. The highest BCUT2D eigenvalue weighted by molar-refractivity contribution is 6.35. The zero-order valence-corrected chi connectivity index (χ0v) is 13.5. The van der Waals surface area contributed by atoms with E-state index in [-0.39, 0.29) is 18.0 Å². The molecule has 6 heteroatoms. The molecule has 1 fully saturated rings.